The zero-order valence-corrected chi connectivity index (χ0v) is 42.1. The molecule has 0 aliphatic rings. The van der Waals surface area contributed by atoms with Crippen LogP contribution in [0.4, 0.5) is 34.1 Å². The lowest BCUT2D eigenvalue weighted by atomic mass is 10.0. The SMILES string of the molecule is Cc1cccc(N(c2ccccc2)c2ccc(-c3ccc(N(c4ccccc4)c4cccc(C)c4)cc3)cc2)c1.c1cnc2c([O][Al]([O]c3cccc4cccnc34)[O]c3cccc4cccnc34)cccc2c1. The Morgan fingerprint density at radius 1 is 0.297 bits per heavy atom. The predicted molar refractivity (Wildman–Crippen MR) is 304 cm³/mol. The van der Waals surface area contributed by atoms with Gasteiger partial charge in [-0.2, -0.15) is 0 Å². The van der Waals surface area contributed by atoms with E-state index in [1.165, 1.54) is 22.3 Å². The maximum atomic E-state index is 6.41. The van der Waals surface area contributed by atoms with Gasteiger partial charge in [0.2, 0.25) is 0 Å². The second kappa shape index (κ2) is 22.0. The lowest BCUT2D eigenvalue weighted by Crippen LogP contribution is -2.37. The van der Waals surface area contributed by atoms with Gasteiger partial charge >= 0.3 is 15.1 Å². The highest BCUT2D eigenvalue weighted by molar-refractivity contribution is 6.40. The first-order valence-corrected chi connectivity index (χ1v) is 26.0. The van der Waals surface area contributed by atoms with E-state index in [4.69, 9.17) is 11.4 Å². The summed E-state index contributed by atoms with van der Waals surface area (Å²) in [4.78, 5) is 18.1. The highest BCUT2D eigenvalue weighted by Gasteiger charge is 2.46. The van der Waals surface area contributed by atoms with Crippen LogP contribution in [0, 0.1) is 13.8 Å². The molecule has 9 aromatic carbocycles. The van der Waals surface area contributed by atoms with Gasteiger partial charge < -0.3 is 21.2 Å². The minimum atomic E-state index is -2.86. The van der Waals surface area contributed by atoms with Crippen molar-refractivity contribution in [2.45, 2.75) is 13.8 Å². The Bertz CT molecular complexity index is 3490. The Kier molecular flexibility index (Phi) is 14.0. The average Bonchev–Trinajstić information content (AvgIpc) is 3.45. The van der Waals surface area contributed by atoms with E-state index in [1.54, 1.807) is 18.6 Å². The Balaban J connectivity index is 0.000000161. The van der Waals surface area contributed by atoms with Crippen molar-refractivity contribution in [1.29, 1.82) is 0 Å². The minimum absolute atomic E-state index is 0.608. The second-order valence-electron chi connectivity index (χ2n) is 17.7. The molecular formula is C65H50AlN5O3. The molecule has 0 unspecified atom stereocenters. The molecule has 3 heterocycles. The molecule has 0 amide bonds. The van der Waals surface area contributed by atoms with Crippen LogP contribution < -0.4 is 21.2 Å². The maximum absolute atomic E-state index is 6.41. The van der Waals surface area contributed by atoms with Crippen molar-refractivity contribution in [3.63, 3.8) is 0 Å². The van der Waals surface area contributed by atoms with Crippen molar-refractivity contribution in [2.75, 3.05) is 9.80 Å². The number of aromatic nitrogens is 3. The van der Waals surface area contributed by atoms with E-state index in [9.17, 15) is 0 Å². The number of aryl methyl sites for hydroxylation is 2. The van der Waals surface area contributed by atoms with Gasteiger partial charge in [0.05, 0.1) is 0 Å². The van der Waals surface area contributed by atoms with Gasteiger partial charge in [0.15, 0.2) is 0 Å². The average molecular weight is 976 g/mol. The minimum Gasteiger partial charge on any atom is -0.576 e. The molecule has 9 heteroatoms. The highest BCUT2D eigenvalue weighted by atomic mass is 27.3. The molecule has 12 rings (SSSR count). The van der Waals surface area contributed by atoms with Crippen LogP contribution in [0.25, 0.3) is 43.8 Å². The molecule has 0 aliphatic carbocycles. The van der Waals surface area contributed by atoms with E-state index in [0.717, 1.165) is 66.8 Å². The first kappa shape index (κ1) is 47.1. The van der Waals surface area contributed by atoms with Crippen molar-refractivity contribution in [3.8, 4) is 28.4 Å². The summed E-state index contributed by atoms with van der Waals surface area (Å²) >= 11 is -2.86. The molecule has 0 N–H and O–H groups in total. The van der Waals surface area contributed by atoms with Crippen LogP contribution in [-0.2, 0) is 0 Å². The highest BCUT2D eigenvalue weighted by Crippen LogP contribution is 2.39. The fraction of sp³-hybridized carbons (Fsp3) is 0.0308. The molecule has 0 bridgehead atoms. The topological polar surface area (TPSA) is 72.8 Å². The molecule has 74 heavy (non-hydrogen) atoms. The van der Waals surface area contributed by atoms with Crippen LogP contribution in [0.1, 0.15) is 11.1 Å². The zero-order valence-electron chi connectivity index (χ0n) is 40.9. The van der Waals surface area contributed by atoms with Crippen molar-refractivity contribution < 1.29 is 11.4 Å². The van der Waals surface area contributed by atoms with Gasteiger partial charge in [-0.1, -0.05) is 140 Å². The summed E-state index contributed by atoms with van der Waals surface area (Å²) in [5.74, 6) is 1.82. The number of anilines is 6. The van der Waals surface area contributed by atoms with E-state index in [2.05, 4.69) is 196 Å². The smallest absolute Gasteiger partial charge is 0.576 e. The van der Waals surface area contributed by atoms with Gasteiger partial charge in [-0.05, 0) is 145 Å². The zero-order chi connectivity index (χ0) is 50.1. The molecule has 0 radical (unpaired) electrons. The van der Waals surface area contributed by atoms with Gasteiger partial charge in [-0.3, -0.25) is 15.0 Å². The Morgan fingerprint density at radius 2 is 0.608 bits per heavy atom. The summed E-state index contributed by atoms with van der Waals surface area (Å²) in [5.41, 5.74) is 14.0. The Labute approximate surface area is 436 Å². The van der Waals surface area contributed by atoms with E-state index in [0.29, 0.717) is 17.2 Å². The number of fused-ring (bicyclic) bond motifs is 3. The molecule has 0 saturated carbocycles. The van der Waals surface area contributed by atoms with Crippen LogP contribution in [0.3, 0.4) is 0 Å². The van der Waals surface area contributed by atoms with Crippen LogP contribution in [-0.4, -0.2) is 30.1 Å². The fourth-order valence-corrected chi connectivity index (χ4v) is 10.4. The van der Waals surface area contributed by atoms with Crippen LogP contribution in [0.2, 0.25) is 0 Å². The van der Waals surface area contributed by atoms with E-state index < -0.39 is 15.1 Å². The van der Waals surface area contributed by atoms with Gasteiger partial charge in [0.25, 0.3) is 0 Å². The monoisotopic (exact) mass is 975 g/mol. The number of nitrogens with zero attached hydrogens (tertiary/aromatic N) is 5. The molecule has 0 atom stereocenters. The van der Waals surface area contributed by atoms with Crippen molar-refractivity contribution >= 4 is 82.0 Å². The predicted octanol–water partition coefficient (Wildman–Crippen LogP) is 16.8. The molecule has 0 fully saturated rings. The summed E-state index contributed by atoms with van der Waals surface area (Å²) < 4.78 is 19.2. The summed E-state index contributed by atoms with van der Waals surface area (Å²) in [6, 6.07) is 85.2. The van der Waals surface area contributed by atoms with Crippen LogP contribution >= 0.6 is 0 Å². The first-order valence-electron chi connectivity index (χ1n) is 24.6. The van der Waals surface area contributed by atoms with Gasteiger partial charge in [-0.15, -0.1) is 0 Å². The lowest BCUT2D eigenvalue weighted by molar-refractivity contribution is 0.311. The largest absolute Gasteiger partial charge is 1.20 e. The van der Waals surface area contributed by atoms with Crippen LogP contribution in [0.15, 0.2) is 267 Å². The molecule has 3 aromatic heterocycles. The second-order valence-corrected chi connectivity index (χ2v) is 19.0. The number of hydrogen-bond acceptors (Lipinski definition) is 8. The van der Waals surface area contributed by atoms with E-state index in [1.807, 2.05) is 91.0 Å². The molecule has 0 spiro atoms. The van der Waals surface area contributed by atoms with Gasteiger partial charge in [-0.25, -0.2) is 0 Å². The number of rotatable bonds is 13. The number of pyridine rings is 3. The number of hydrogen-bond donors (Lipinski definition) is 0. The molecule has 8 nitrogen and oxygen atoms in total. The summed E-state index contributed by atoms with van der Waals surface area (Å²) in [6.07, 6.45) is 5.24. The first-order chi connectivity index (χ1) is 36.5. The molecule has 0 saturated heterocycles. The summed E-state index contributed by atoms with van der Waals surface area (Å²) in [7, 11) is 0. The molecule has 0 aliphatic heterocycles. The van der Waals surface area contributed by atoms with Gasteiger partial charge in [0.1, 0.15) is 33.8 Å². The van der Waals surface area contributed by atoms with E-state index >= 15 is 0 Å². The third kappa shape index (κ3) is 10.7. The lowest BCUT2D eigenvalue weighted by Gasteiger charge is -2.26. The normalized spacial score (nSPS) is 10.8. The van der Waals surface area contributed by atoms with Crippen molar-refractivity contribution in [2.24, 2.45) is 0 Å². The number of benzene rings is 9. The summed E-state index contributed by atoms with van der Waals surface area (Å²) in [6.45, 7) is 4.27. The molecular weight excluding hydrogens is 926 g/mol. The maximum Gasteiger partial charge on any atom is 1.20 e. The van der Waals surface area contributed by atoms with E-state index in [-0.39, 0.29) is 0 Å². The third-order valence-electron chi connectivity index (χ3n) is 12.6. The van der Waals surface area contributed by atoms with Crippen LogP contribution in [0.5, 0.6) is 17.2 Å². The standard InChI is InChI=1S/C38H32N2.3C9H7NO.Al/c1-29-11-9-17-37(27-29)39(33-13-5-3-6-14-33)35-23-19-31(20-24-35)32-21-25-36(26-22-32)40(34-15-7-4-8-16-34)38-18-10-12-30(2)28-38;3*11-8-5-1-3-7-4-2-6-10-9(7)8;/h3-28H,1-2H3;3*1-6,11H;/q;;;;+3/p-3. The van der Waals surface area contributed by atoms with Crippen molar-refractivity contribution in [1.82, 2.24) is 15.0 Å². The Morgan fingerprint density at radius 3 is 0.959 bits per heavy atom. The fourth-order valence-electron chi connectivity index (χ4n) is 9.09. The number of para-hydroxylation sites is 5. The quantitative estimate of drug-likeness (QED) is 0.106. The Hall–Kier alpha value is -9.26. The summed E-state index contributed by atoms with van der Waals surface area (Å²) in [5, 5.41) is 2.93. The third-order valence-corrected chi connectivity index (χ3v) is 13.9. The molecule has 356 valence electrons. The van der Waals surface area contributed by atoms with Gasteiger partial charge in [0, 0.05) is 68.9 Å². The molecule has 12 aromatic rings. The van der Waals surface area contributed by atoms with Crippen molar-refractivity contribution in [3.05, 3.63) is 278 Å².